The van der Waals surface area contributed by atoms with E-state index in [1.165, 1.54) is 22.4 Å². The minimum absolute atomic E-state index is 0.256. The van der Waals surface area contributed by atoms with Crippen LogP contribution in [0.5, 0.6) is 0 Å². The number of rotatable bonds is 9. The van der Waals surface area contributed by atoms with Crippen LogP contribution in [0.4, 0.5) is 0 Å². The van der Waals surface area contributed by atoms with Crippen molar-refractivity contribution in [1.29, 1.82) is 0 Å². The van der Waals surface area contributed by atoms with Gasteiger partial charge in [0.05, 0.1) is 0 Å². The highest BCUT2D eigenvalue weighted by Gasteiger charge is 2.26. The fraction of sp³-hybridized carbons (Fsp3) is 0.400. The molecule has 0 saturated carbocycles. The van der Waals surface area contributed by atoms with Crippen LogP contribution >= 0.6 is 11.3 Å². The van der Waals surface area contributed by atoms with Gasteiger partial charge >= 0.3 is 0 Å². The quantitative estimate of drug-likeness (QED) is 0.559. The Kier molecular flexibility index (Phi) is 7.65. The second-order valence-corrected chi connectivity index (χ2v) is 9.14. The number of hydrogen-bond acceptors (Lipinski definition) is 5. The zero-order valence-electron chi connectivity index (χ0n) is 17.5. The molecule has 0 bridgehead atoms. The highest BCUT2D eigenvalue weighted by molar-refractivity contribution is 7.15. The van der Waals surface area contributed by atoms with E-state index in [1.807, 2.05) is 12.3 Å². The molecule has 1 aliphatic rings. The van der Waals surface area contributed by atoms with Gasteiger partial charge in [0.25, 0.3) is 0 Å². The molecule has 4 rings (SSSR count). The summed E-state index contributed by atoms with van der Waals surface area (Å²) in [4.78, 5) is 11.1. The molecule has 1 fully saturated rings. The van der Waals surface area contributed by atoms with Crippen LogP contribution in [0.3, 0.4) is 0 Å². The Hall–Kier alpha value is -2.05. The van der Waals surface area contributed by atoms with Gasteiger partial charge in [-0.05, 0) is 31.4 Å². The molecule has 2 aromatic carbocycles. The molecule has 158 valence electrons. The number of aryl methyl sites for hydroxylation is 1. The molecule has 0 aliphatic carbocycles. The molecule has 1 aromatic heterocycles. The van der Waals surface area contributed by atoms with Crippen LogP contribution in [0.15, 0.2) is 66.9 Å². The topological polar surface area (TPSA) is 39.6 Å². The second kappa shape index (κ2) is 10.8. The molecule has 3 aromatic rings. The lowest BCUT2D eigenvalue weighted by Gasteiger charge is -2.41. The first-order chi connectivity index (χ1) is 14.8. The molecule has 2 heterocycles. The predicted molar refractivity (Wildman–Crippen MR) is 125 cm³/mol. The van der Waals surface area contributed by atoms with Crippen molar-refractivity contribution in [2.24, 2.45) is 0 Å². The van der Waals surface area contributed by atoms with E-state index in [4.69, 9.17) is 0 Å². The van der Waals surface area contributed by atoms with E-state index in [-0.39, 0.29) is 6.61 Å². The molecule has 0 radical (unpaired) electrons. The normalized spacial score (nSPS) is 18.0. The first-order valence-electron chi connectivity index (χ1n) is 10.9. The van der Waals surface area contributed by atoms with Crippen LogP contribution in [0.25, 0.3) is 10.6 Å². The number of hydrogen-bond donors (Lipinski definition) is 1. The maximum Gasteiger partial charge on any atom is 0.123 e. The number of nitrogens with zero attached hydrogens (tertiary/aromatic N) is 3. The van der Waals surface area contributed by atoms with Crippen LogP contribution in [-0.2, 0) is 13.0 Å². The maximum atomic E-state index is 9.59. The summed E-state index contributed by atoms with van der Waals surface area (Å²) in [5.74, 6) is 0. The molecule has 4 nitrogen and oxygen atoms in total. The summed E-state index contributed by atoms with van der Waals surface area (Å²) < 4.78 is 0. The molecule has 1 saturated heterocycles. The van der Waals surface area contributed by atoms with Gasteiger partial charge in [0.2, 0.25) is 0 Å². The Balaban J connectivity index is 1.30. The van der Waals surface area contributed by atoms with Crippen molar-refractivity contribution in [3.63, 3.8) is 0 Å². The second-order valence-electron chi connectivity index (χ2n) is 8.02. The summed E-state index contributed by atoms with van der Waals surface area (Å²) in [5, 5.41) is 10.7. The first-order valence-corrected chi connectivity index (χ1v) is 11.7. The van der Waals surface area contributed by atoms with Crippen LogP contribution in [0.1, 0.15) is 23.3 Å². The van der Waals surface area contributed by atoms with Gasteiger partial charge in [-0.15, -0.1) is 11.3 Å². The molecule has 1 atom stereocenters. The number of thiazole rings is 1. The fourth-order valence-corrected chi connectivity index (χ4v) is 5.22. The van der Waals surface area contributed by atoms with E-state index in [0.29, 0.717) is 6.04 Å². The smallest absolute Gasteiger partial charge is 0.123 e. The Labute approximate surface area is 183 Å². The van der Waals surface area contributed by atoms with Crippen molar-refractivity contribution in [3.8, 4) is 10.6 Å². The highest BCUT2D eigenvalue weighted by Crippen LogP contribution is 2.26. The molecule has 1 unspecified atom stereocenters. The zero-order valence-corrected chi connectivity index (χ0v) is 18.3. The van der Waals surface area contributed by atoms with Gasteiger partial charge in [0.1, 0.15) is 5.01 Å². The number of aliphatic hydroxyl groups excluding tert-OH is 1. The van der Waals surface area contributed by atoms with Crippen LogP contribution in [-0.4, -0.2) is 58.7 Å². The minimum Gasteiger partial charge on any atom is -0.396 e. The Morgan fingerprint density at radius 2 is 1.77 bits per heavy atom. The molecular formula is C25H31N3OS. The van der Waals surface area contributed by atoms with E-state index in [0.717, 1.165) is 50.6 Å². The van der Waals surface area contributed by atoms with Gasteiger partial charge in [-0.25, -0.2) is 4.98 Å². The summed E-state index contributed by atoms with van der Waals surface area (Å²) in [7, 11) is 0. The number of aliphatic hydroxyl groups is 1. The summed E-state index contributed by atoms with van der Waals surface area (Å²) in [6.45, 7) is 5.48. The van der Waals surface area contributed by atoms with Crippen LogP contribution < -0.4 is 0 Å². The van der Waals surface area contributed by atoms with Crippen molar-refractivity contribution in [2.45, 2.75) is 31.8 Å². The fourth-order valence-electron chi connectivity index (χ4n) is 4.26. The standard InChI is InChI=1S/C25H31N3OS/c29-17-13-23-19-27(15-16-28(23)14-7-10-21-8-3-1-4-9-21)20-24-18-26-25(30-24)22-11-5-2-6-12-22/h1-6,8-9,11-12,18,23,29H,7,10,13-17,19-20H2. The number of piperazine rings is 1. The van der Waals surface area contributed by atoms with Crippen LogP contribution in [0.2, 0.25) is 0 Å². The van der Waals surface area contributed by atoms with E-state index in [2.05, 4.69) is 69.4 Å². The van der Waals surface area contributed by atoms with Gasteiger partial charge < -0.3 is 5.11 Å². The van der Waals surface area contributed by atoms with E-state index in [9.17, 15) is 5.11 Å². The average Bonchev–Trinajstić information content (AvgIpc) is 3.25. The molecule has 0 amide bonds. The lowest BCUT2D eigenvalue weighted by Crippen LogP contribution is -2.53. The Bertz CT molecular complexity index is 884. The molecule has 1 N–H and O–H groups in total. The van der Waals surface area contributed by atoms with Crippen molar-refractivity contribution in [2.75, 3.05) is 32.8 Å². The summed E-state index contributed by atoms with van der Waals surface area (Å²) in [5.41, 5.74) is 2.60. The highest BCUT2D eigenvalue weighted by atomic mass is 32.1. The lowest BCUT2D eigenvalue weighted by atomic mass is 10.1. The van der Waals surface area contributed by atoms with Crippen LogP contribution in [0, 0.1) is 0 Å². The van der Waals surface area contributed by atoms with Gasteiger partial charge in [-0.3, -0.25) is 9.80 Å². The van der Waals surface area contributed by atoms with E-state index < -0.39 is 0 Å². The monoisotopic (exact) mass is 421 g/mol. The summed E-state index contributed by atoms with van der Waals surface area (Å²) in [6, 6.07) is 21.6. The molecule has 0 spiro atoms. The van der Waals surface area contributed by atoms with Crippen molar-refractivity contribution in [3.05, 3.63) is 77.3 Å². The Morgan fingerprint density at radius 3 is 2.53 bits per heavy atom. The minimum atomic E-state index is 0.256. The van der Waals surface area contributed by atoms with Crippen molar-refractivity contribution < 1.29 is 5.11 Å². The zero-order chi connectivity index (χ0) is 20.6. The third-order valence-corrected chi connectivity index (χ3v) is 6.89. The maximum absolute atomic E-state index is 9.59. The van der Waals surface area contributed by atoms with Gasteiger partial charge in [-0.1, -0.05) is 60.7 Å². The third kappa shape index (κ3) is 5.76. The lowest BCUT2D eigenvalue weighted by molar-refractivity contribution is 0.0551. The van der Waals surface area contributed by atoms with Crippen molar-refractivity contribution in [1.82, 2.24) is 14.8 Å². The molecule has 30 heavy (non-hydrogen) atoms. The number of benzene rings is 2. The largest absolute Gasteiger partial charge is 0.396 e. The van der Waals surface area contributed by atoms with Crippen molar-refractivity contribution >= 4 is 11.3 Å². The Morgan fingerprint density at radius 1 is 1.00 bits per heavy atom. The van der Waals surface area contributed by atoms with E-state index >= 15 is 0 Å². The van der Waals surface area contributed by atoms with Gasteiger partial charge in [0, 0.05) is 55.5 Å². The molecular weight excluding hydrogens is 390 g/mol. The SMILES string of the molecule is OCCC1CN(Cc2cnc(-c3ccccc3)s2)CCN1CCCc1ccccc1. The summed E-state index contributed by atoms with van der Waals surface area (Å²) in [6.07, 6.45) is 5.16. The number of aromatic nitrogens is 1. The predicted octanol–water partition coefficient (Wildman–Crippen LogP) is 4.31. The molecule has 1 aliphatic heterocycles. The first kappa shape index (κ1) is 21.2. The van der Waals surface area contributed by atoms with Gasteiger partial charge in [0.15, 0.2) is 0 Å². The third-order valence-electron chi connectivity index (χ3n) is 5.86. The molecule has 5 heteroatoms. The summed E-state index contributed by atoms with van der Waals surface area (Å²) >= 11 is 1.79. The van der Waals surface area contributed by atoms with Gasteiger partial charge in [-0.2, -0.15) is 0 Å². The van der Waals surface area contributed by atoms with E-state index in [1.54, 1.807) is 11.3 Å². The average molecular weight is 422 g/mol.